The SMILES string of the molecule is Cn1cccc1CNC(=O)c1csc(NS(=O)(=O)CCO)n1. The summed E-state index contributed by atoms with van der Waals surface area (Å²) in [5, 5.41) is 12.9. The minimum absolute atomic E-state index is 0.0949. The molecule has 0 fully saturated rings. The summed E-state index contributed by atoms with van der Waals surface area (Å²) < 4.78 is 27.1. The van der Waals surface area contributed by atoms with Crippen molar-refractivity contribution in [2.24, 2.45) is 7.05 Å². The summed E-state index contributed by atoms with van der Waals surface area (Å²) in [6, 6.07) is 3.76. The smallest absolute Gasteiger partial charge is 0.271 e. The number of amides is 1. The van der Waals surface area contributed by atoms with Gasteiger partial charge in [0.2, 0.25) is 10.0 Å². The van der Waals surface area contributed by atoms with Crippen LogP contribution in [0.15, 0.2) is 23.7 Å². The molecule has 22 heavy (non-hydrogen) atoms. The molecular weight excluding hydrogens is 328 g/mol. The van der Waals surface area contributed by atoms with Gasteiger partial charge in [-0.25, -0.2) is 13.4 Å². The molecule has 0 aliphatic carbocycles. The maximum absolute atomic E-state index is 12.0. The van der Waals surface area contributed by atoms with E-state index in [1.165, 1.54) is 5.38 Å². The number of rotatable bonds is 7. The predicted molar refractivity (Wildman–Crippen MR) is 83.2 cm³/mol. The minimum atomic E-state index is -3.64. The van der Waals surface area contributed by atoms with Crippen molar-refractivity contribution in [3.63, 3.8) is 0 Å². The van der Waals surface area contributed by atoms with Gasteiger partial charge in [-0.15, -0.1) is 11.3 Å². The van der Waals surface area contributed by atoms with Gasteiger partial charge in [-0.1, -0.05) is 0 Å². The highest BCUT2D eigenvalue weighted by Crippen LogP contribution is 2.17. The van der Waals surface area contributed by atoms with Crippen LogP contribution in [-0.2, 0) is 23.6 Å². The molecule has 120 valence electrons. The van der Waals surface area contributed by atoms with E-state index in [0.29, 0.717) is 6.54 Å². The van der Waals surface area contributed by atoms with Gasteiger partial charge < -0.3 is 15.0 Å². The molecule has 0 spiro atoms. The van der Waals surface area contributed by atoms with Gasteiger partial charge in [-0.05, 0) is 12.1 Å². The van der Waals surface area contributed by atoms with Crippen molar-refractivity contribution in [3.05, 3.63) is 35.1 Å². The molecular formula is C12H16N4O4S2. The molecule has 2 heterocycles. The first-order chi connectivity index (χ1) is 10.4. The summed E-state index contributed by atoms with van der Waals surface area (Å²) in [6.07, 6.45) is 1.87. The van der Waals surface area contributed by atoms with Crippen molar-refractivity contribution >= 4 is 32.4 Å². The number of hydrogen-bond acceptors (Lipinski definition) is 6. The largest absolute Gasteiger partial charge is 0.395 e. The quantitative estimate of drug-likeness (QED) is 0.661. The maximum atomic E-state index is 12.0. The van der Waals surface area contributed by atoms with Crippen molar-refractivity contribution in [1.82, 2.24) is 14.9 Å². The van der Waals surface area contributed by atoms with E-state index in [2.05, 4.69) is 15.0 Å². The number of aliphatic hydroxyl groups excluding tert-OH is 1. The van der Waals surface area contributed by atoms with Crippen LogP contribution in [0.4, 0.5) is 5.13 Å². The second-order valence-corrected chi connectivity index (χ2v) is 7.18. The molecule has 0 saturated heterocycles. The number of thiazole rings is 1. The normalized spacial score (nSPS) is 11.4. The molecule has 0 bridgehead atoms. The topological polar surface area (TPSA) is 113 Å². The third-order valence-electron chi connectivity index (χ3n) is 2.82. The number of carbonyl (C=O) groups is 1. The number of aryl methyl sites for hydroxylation is 1. The lowest BCUT2D eigenvalue weighted by Gasteiger charge is -2.05. The van der Waals surface area contributed by atoms with E-state index in [9.17, 15) is 13.2 Å². The Balaban J connectivity index is 1.96. The fraction of sp³-hybridized carbons (Fsp3) is 0.333. The molecule has 2 rings (SSSR count). The summed E-state index contributed by atoms with van der Waals surface area (Å²) >= 11 is 1.01. The van der Waals surface area contributed by atoms with Gasteiger partial charge in [-0.3, -0.25) is 9.52 Å². The van der Waals surface area contributed by atoms with Crippen molar-refractivity contribution < 1.29 is 18.3 Å². The molecule has 8 nitrogen and oxygen atoms in total. The number of aliphatic hydroxyl groups is 1. The molecule has 0 radical (unpaired) electrons. The Morgan fingerprint density at radius 3 is 2.91 bits per heavy atom. The molecule has 0 atom stereocenters. The van der Waals surface area contributed by atoms with Crippen molar-refractivity contribution in [2.45, 2.75) is 6.54 Å². The molecule has 0 aliphatic rings. The molecule has 0 saturated carbocycles. The zero-order valence-electron chi connectivity index (χ0n) is 11.8. The number of carbonyl (C=O) groups excluding carboxylic acids is 1. The van der Waals surface area contributed by atoms with E-state index in [-0.39, 0.29) is 16.7 Å². The highest BCUT2D eigenvalue weighted by molar-refractivity contribution is 7.92. The van der Waals surface area contributed by atoms with Crippen LogP contribution in [0.5, 0.6) is 0 Å². The van der Waals surface area contributed by atoms with Gasteiger partial charge in [0.05, 0.1) is 18.9 Å². The summed E-state index contributed by atoms with van der Waals surface area (Å²) in [5.41, 5.74) is 1.08. The van der Waals surface area contributed by atoms with Crippen LogP contribution in [-0.4, -0.2) is 41.3 Å². The third-order valence-corrected chi connectivity index (χ3v) is 4.93. The standard InChI is InChI=1S/C12H16N4O4S2/c1-16-4-2-3-9(16)7-13-11(18)10-8-21-12(14-10)15-22(19,20)6-5-17/h2-4,8,17H,5-7H2,1H3,(H,13,18)(H,14,15). The Bertz CT molecular complexity index is 751. The molecule has 10 heteroatoms. The van der Waals surface area contributed by atoms with E-state index < -0.39 is 22.4 Å². The predicted octanol–water partition coefficient (Wildman–Crippen LogP) is 0.146. The van der Waals surface area contributed by atoms with Crippen LogP contribution in [0, 0.1) is 0 Å². The number of nitrogens with one attached hydrogen (secondary N) is 2. The Morgan fingerprint density at radius 2 is 2.27 bits per heavy atom. The van der Waals surface area contributed by atoms with Crippen LogP contribution in [0.25, 0.3) is 0 Å². The second kappa shape index (κ2) is 6.90. The van der Waals surface area contributed by atoms with Gasteiger partial charge >= 0.3 is 0 Å². The molecule has 2 aromatic rings. The van der Waals surface area contributed by atoms with Crippen LogP contribution >= 0.6 is 11.3 Å². The van der Waals surface area contributed by atoms with Gasteiger partial charge in [0.25, 0.3) is 5.91 Å². The fourth-order valence-corrected chi connectivity index (χ4v) is 3.43. The molecule has 0 unspecified atom stereocenters. The lowest BCUT2D eigenvalue weighted by molar-refractivity contribution is 0.0946. The van der Waals surface area contributed by atoms with Gasteiger partial charge in [0.15, 0.2) is 5.13 Å². The molecule has 2 aromatic heterocycles. The summed E-state index contributed by atoms with van der Waals surface area (Å²) in [7, 11) is -1.76. The van der Waals surface area contributed by atoms with E-state index in [0.717, 1.165) is 17.0 Å². The molecule has 1 amide bonds. The molecule has 0 aliphatic heterocycles. The third kappa shape index (κ3) is 4.29. The number of aromatic nitrogens is 2. The number of anilines is 1. The zero-order valence-corrected chi connectivity index (χ0v) is 13.4. The zero-order chi connectivity index (χ0) is 16.2. The van der Waals surface area contributed by atoms with Crippen molar-refractivity contribution in [1.29, 1.82) is 0 Å². The number of sulfonamides is 1. The second-order valence-electron chi connectivity index (χ2n) is 4.48. The van der Waals surface area contributed by atoms with Crippen LogP contribution < -0.4 is 10.0 Å². The monoisotopic (exact) mass is 344 g/mol. The molecule has 3 N–H and O–H groups in total. The Labute approximate surface area is 131 Å². The number of hydrogen-bond donors (Lipinski definition) is 3. The van der Waals surface area contributed by atoms with E-state index >= 15 is 0 Å². The van der Waals surface area contributed by atoms with Crippen LogP contribution in [0.2, 0.25) is 0 Å². The van der Waals surface area contributed by atoms with Gasteiger partial charge in [-0.2, -0.15) is 0 Å². The van der Waals surface area contributed by atoms with Crippen LogP contribution in [0.3, 0.4) is 0 Å². The summed E-state index contributed by atoms with van der Waals surface area (Å²) in [5.74, 6) is -0.799. The first-order valence-corrected chi connectivity index (χ1v) is 8.90. The van der Waals surface area contributed by atoms with Crippen molar-refractivity contribution in [3.8, 4) is 0 Å². The Morgan fingerprint density at radius 1 is 1.50 bits per heavy atom. The van der Waals surface area contributed by atoms with E-state index in [4.69, 9.17) is 5.11 Å². The first-order valence-electron chi connectivity index (χ1n) is 6.36. The molecule has 0 aromatic carbocycles. The first kappa shape index (κ1) is 16.5. The summed E-state index contributed by atoms with van der Waals surface area (Å²) in [6.45, 7) is -0.129. The minimum Gasteiger partial charge on any atom is -0.395 e. The average molecular weight is 344 g/mol. The van der Waals surface area contributed by atoms with Crippen LogP contribution in [0.1, 0.15) is 16.2 Å². The lowest BCUT2D eigenvalue weighted by Crippen LogP contribution is -2.24. The maximum Gasteiger partial charge on any atom is 0.271 e. The Hall–Kier alpha value is -1.91. The Kier molecular flexibility index (Phi) is 5.16. The average Bonchev–Trinajstić information content (AvgIpc) is 3.05. The fourth-order valence-electron chi connectivity index (χ4n) is 1.67. The highest BCUT2D eigenvalue weighted by atomic mass is 32.2. The van der Waals surface area contributed by atoms with Crippen molar-refractivity contribution in [2.75, 3.05) is 17.1 Å². The van der Waals surface area contributed by atoms with E-state index in [1.807, 2.05) is 29.9 Å². The number of nitrogens with zero attached hydrogens (tertiary/aromatic N) is 2. The van der Waals surface area contributed by atoms with Gasteiger partial charge in [0, 0.05) is 24.3 Å². The lowest BCUT2D eigenvalue weighted by atomic mass is 10.4. The van der Waals surface area contributed by atoms with Gasteiger partial charge in [0.1, 0.15) is 5.69 Å². The highest BCUT2D eigenvalue weighted by Gasteiger charge is 2.15. The van der Waals surface area contributed by atoms with E-state index in [1.54, 1.807) is 0 Å². The summed E-state index contributed by atoms with van der Waals surface area (Å²) in [4.78, 5) is 15.9.